The molecule has 1 aromatic rings. The Morgan fingerprint density at radius 1 is 0.911 bits per heavy atom. The fourth-order valence-corrected chi connectivity index (χ4v) is 14.5. The first-order valence-corrected chi connectivity index (χ1v) is 22.2. The van der Waals surface area contributed by atoms with Gasteiger partial charge in [-0.15, -0.1) is 0 Å². The lowest BCUT2D eigenvalue weighted by Gasteiger charge is -2.65. The number of aliphatic hydroxyl groups is 1. The van der Waals surface area contributed by atoms with Gasteiger partial charge < -0.3 is 5.11 Å². The molecule has 11 rings (SSSR count). The second kappa shape index (κ2) is 12.7. The van der Waals surface area contributed by atoms with Gasteiger partial charge in [0, 0.05) is 17.9 Å². The van der Waals surface area contributed by atoms with E-state index in [0.29, 0.717) is 49.1 Å². The Kier molecular flexibility index (Phi) is 8.31. The summed E-state index contributed by atoms with van der Waals surface area (Å²) in [6.45, 7) is 15.2. The molecule has 1 aromatic heterocycles. The Labute approximate surface area is 333 Å². The fraction of sp³-hybridized carbons (Fsp3) is 0.600. The minimum absolute atomic E-state index is 0.0428. The smallest absolute Gasteiger partial charge is 0.348 e. The predicted octanol–water partition coefficient (Wildman–Crippen LogP) is 9.51. The van der Waals surface area contributed by atoms with Gasteiger partial charge >= 0.3 is 11.4 Å². The van der Waals surface area contributed by atoms with E-state index in [4.69, 9.17) is 0 Å². The zero-order valence-electron chi connectivity index (χ0n) is 34.6. The van der Waals surface area contributed by atoms with Gasteiger partial charge in [0.05, 0.1) is 18.2 Å². The Hall–Kier alpha value is -3.64. The number of hydrogen-bond acceptors (Lipinski definition) is 3. The summed E-state index contributed by atoms with van der Waals surface area (Å²) in [5.74, 6) is 2.93. The molecule has 296 valence electrons. The van der Waals surface area contributed by atoms with Crippen LogP contribution < -0.4 is 11.4 Å². The van der Waals surface area contributed by atoms with Crippen molar-refractivity contribution in [1.82, 2.24) is 13.9 Å². The monoisotopic (exact) mass is 753 g/mol. The molecule has 3 saturated carbocycles. The van der Waals surface area contributed by atoms with Crippen molar-refractivity contribution in [2.24, 2.45) is 57.7 Å². The summed E-state index contributed by atoms with van der Waals surface area (Å²) in [5.41, 5.74) is 6.94. The van der Waals surface area contributed by atoms with Gasteiger partial charge in [-0.2, -0.15) is 0 Å². The lowest BCUT2D eigenvalue weighted by molar-refractivity contribution is -0.145. The SMILES string of the molecule is CC(C)C(C)/C=C/C(C)C1CCC2C1(C)CCC1C23C=CC2(CC(O)CCC12C)Cn1c(=O)n(CCCC2=CC4=CC=CC5=CC=C6CC=CC2=C6C54)c(=O)n13. The van der Waals surface area contributed by atoms with E-state index in [9.17, 15) is 9.90 Å². The Balaban J connectivity index is 1.03. The van der Waals surface area contributed by atoms with Crippen LogP contribution in [0.1, 0.15) is 106 Å². The number of aliphatic hydroxyl groups excluding tert-OH is 1. The number of nitrogens with zero attached hydrogens (tertiary/aromatic N) is 3. The van der Waals surface area contributed by atoms with E-state index in [0.717, 1.165) is 57.8 Å². The molecule has 6 heteroatoms. The van der Waals surface area contributed by atoms with Gasteiger partial charge in [-0.3, -0.25) is 0 Å². The van der Waals surface area contributed by atoms with Crippen LogP contribution in [0.25, 0.3) is 0 Å². The van der Waals surface area contributed by atoms with Crippen molar-refractivity contribution in [3.8, 4) is 0 Å². The van der Waals surface area contributed by atoms with Crippen LogP contribution in [0.4, 0.5) is 0 Å². The molecule has 0 radical (unpaired) electrons. The molecule has 6 nitrogen and oxygen atoms in total. The highest BCUT2D eigenvalue weighted by molar-refractivity contribution is 5.69. The average Bonchev–Trinajstić information content (AvgIpc) is 3.57. The second-order valence-electron chi connectivity index (χ2n) is 20.5. The largest absolute Gasteiger partial charge is 0.393 e. The van der Waals surface area contributed by atoms with Gasteiger partial charge in [-0.05, 0) is 144 Å². The van der Waals surface area contributed by atoms with Crippen LogP contribution in [0.15, 0.2) is 116 Å². The van der Waals surface area contributed by atoms with E-state index in [1.807, 2.05) is 9.36 Å². The molecule has 56 heavy (non-hydrogen) atoms. The summed E-state index contributed by atoms with van der Waals surface area (Å²) < 4.78 is 5.54. The lowest BCUT2D eigenvalue weighted by atomic mass is 9.40. The quantitative estimate of drug-likeness (QED) is 0.269. The summed E-state index contributed by atoms with van der Waals surface area (Å²) in [6.07, 6.45) is 36.9. The lowest BCUT2D eigenvalue weighted by Crippen LogP contribution is -2.65. The second-order valence-corrected chi connectivity index (χ2v) is 20.5. The first kappa shape index (κ1) is 36.7. The van der Waals surface area contributed by atoms with Crippen LogP contribution in [0.3, 0.4) is 0 Å². The molecule has 3 heterocycles. The molecule has 10 aliphatic rings. The van der Waals surface area contributed by atoms with Gasteiger partial charge in [-0.25, -0.2) is 23.5 Å². The van der Waals surface area contributed by atoms with Gasteiger partial charge in [0.1, 0.15) is 0 Å². The van der Waals surface area contributed by atoms with E-state index in [2.05, 4.69) is 114 Å². The summed E-state index contributed by atoms with van der Waals surface area (Å²) in [4.78, 5) is 30.2. The first-order valence-electron chi connectivity index (χ1n) is 22.2. The molecule has 1 N–H and O–H groups in total. The molecule has 8 aliphatic carbocycles. The normalized spacial score (nSPS) is 39.6. The van der Waals surface area contributed by atoms with Gasteiger partial charge in [-0.1, -0.05) is 114 Å². The summed E-state index contributed by atoms with van der Waals surface area (Å²) in [7, 11) is 0. The van der Waals surface area contributed by atoms with Crippen molar-refractivity contribution in [3.63, 3.8) is 0 Å². The third-order valence-electron chi connectivity index (χ3n) is 17.8. The van der Waals surface area contributed by atoms with E-state index < -0.39 is 11.6 Å². The number of hydrogen-bond donors (Lipinski definition) is 1. The minimum atomic E-state index is -0.564. The molecule has 0 aromatic carbocycles. The molecule has 2 bridgehead atoms. The van der Waals surface area contributed by atoms with E-state index in [1.165, 1.54) is 33.4 Å². The molecular weight excluding hydrogens is 691 g/mol. The molecule has 3 fully saturated rings. The average molecular weight is 754 g/mol. The molecule has 2 spiro atoms. The van der Waals surface area contributed by atoms with Gasteiger partial charge in [0.2, 0.25) is 0 Å². The topological polar surface area (TPSA) is 69.2 Å². The maximum Gasteiger partial charge on any atom is 0.348 e. The first-order chi connectivity index (χ1) is 26.8. The molecule has 11 unspecified atom stereocenters. The molecule has 11 atom stereocenters. The standard InChI is InChI=1S/C50H63N3O3/c1-31(2)32(3)15-16-33(4)40-19-20-41-47(40,5)23-22-42-48(6)24-21-38(54)29-49(48)25-26-50(41,42)53-46(56)51(45(55)52(53)30-49)27-9-13-36-28-37-12-7-10-34-17-18-35-11-8-14-39(36)44(35)43(34)37/h7-8,10,12,14-18,25-26,28,31-33,38,40-43,54H,9,11,13,19-24,27,29-30H2,1-6H3/b16-15+. The highest BCUT2D eigenvalue weighted by atomic mass is 16.3. The van der Waals surface area contributed by atoms with Crippen LogP contribution >= 0.6 is 0 Å². The van der Waals surface area contributed by atoms with Crippen LogP contribution in [0.5, 0.6) is 0 Å². The van der Waals surface area contributed by atoms with Gasteiger partial charge in [0.25, 0.3) is 0 Å². The van der Waals surface area contributed by atoms with Crippen LogP contribution in [0.2, 0.25) is 0 Å². The van der Waals surface area contributed by atoms with Crippen molar-refractivity contribution in [1.29, 1.82) is 0 Å². The highest BCUT2D eigenvalue weighted by Crippen LogP contribution is 2.73. The van der Waals surface area contributed by atoms with Crippen LogP contribution in [-0.2, 0) is 18.6 Å². The zero-order valence-corrected chi connectivity index (χ0v) is 34.6. The Bertz CT molecular complexity index is 2280. The van der Waals surface area contributed by atoms with Gasteiger partial charge in [0.15, 0.2) is 0 Å². The maximum absolute atomic E-state index is 15.3. The van der Waals surface area contributed by atoms with Crippen molar-refractivity contribution < 1.29 is 5.11 Å². The third kappa shape index (κ3) is 4.83. The molecule has 0 saturated heterocycles. The minimum Gasteiger partial charge on any atom is -0.393 e. The van der Waals surface area contributed by atoms with Crippen molar-refractivity contribution >= 4 is 0 Å². The third-order valence-corrected chi connectivity index (χ3v) is 17.8. The summed E-state index contributed by atoms with van der Waals surface area (Å²) >= 11 is 0. The van der Waals surface area contributed by atoms with Crippen molar-refractivity contribution in [2.45, 2.75) is 130 Å². The van der Waals surface area contributed by atoms with E-state index in [-0.39, 0.29) is 39.5 Å². The molecule has 0 amide bonds. The number of allylic oxidation sites excluding steroid dienone is 18. The molecular formula is C50H63N3O3. The van der Waals surface area contributed by atoms with Crippen molar-refractivity contribution in [3.05, 3.63) is 127 Å². The fourth-order valence-electron chi connectivity index (χ4n) is 14.5. The van der Waals surface area contributed by atoms with E-state index >= 15 is 4.79 Å². The Morgan fingerprint density at radius 3 is 2.57 bits per heavy atom. The Morgan fingerprint density at radius 2 is 1.75 bits per heavy atom. The summed E-state index contributed by atoms with van der Waals surface area (Å²) in [6, 6.07) is 0. The van der Waals surface area contributed by atoms with Crippen LogP contribution in [-0.4, -0.2) is 25.1 Å². The number of rotatable bonds is 8. The van der Waals surface area contributed by atoms with Crippen molar-refractivity contribution in [2.75, 3.05) is 0 Å². The number of aromatic nitrogens is 3. The number of fused-ring (bicyclic) bond motifs is 1. The summed E-state index contributed by atoms with van der Waals surface area (Å²) in [5, 5.41) is 11.3. The van der Waals surface area contributed by atoms with E-state index in [1.54, 1.807) is 4.57 Å². The maximum atomic E-state index is 15.3. The molecule has 2 aliphatic heterocycles. The van der Waals surface area contributed by atoms with Crippen LogP contribution in [0, 0.1) is 57.7 Å². The zero-order chi connectivity index (χ0) is 38.9. The predicted molar refractivity (Wildman–Crippen MR) is 225 cm³/mol. The highest BCUT2D eigenvalue weighted by Gasteiger charge is 2.72.